The summed E-state index contributed by atoms with van der Waals surface area (Å²) in [5, 5.41) is 2.23. The van der Waals surface area contributed by atoms with Crippen molar-refractivity contribution in [3.63, 3.8) is 0 Å². The van der Waals surface area contributed by atoms with Crippen molar-refractivity contribution in [1.29, 1.82) is 0 Å². The minimum Gasteiger partial charge on any atom is -0.322 e. The van der Waals surface area contributed by atoms with Crippen LogP contribution in [0.2, 0.25) is 0 Å². The van der Waals surface area contributed by atoms with Crippen molar-refractivity contribution in [3.05, 3.63) is 96.3 Å². The third-order valence-corrected chi connectivity index (χ3v) is 4.74. The van der Waals surface area contributed by atoms with E-state index in [-0.39, 0.29) is 11.6 Å². The van der Waals surface area contributed by atoms with Crippen LogP contribution in [0.5, 0.6) is 0 Å². The normalized spacial score (nSPS) is 11.7. The fourth-order valence-electron chi connectivity index (χ4n) is 2.30. The van der Waals surface area contributed by atoms with E-state index in [0.29, 0.717) is 0 Å². The van der Waals surface area contributed by atoms with Crippen LogP contribution in [0, 0.1) is 5.82 Å². The molecule has 1 N–H and O–H groups in total. The maximum Gasteiger partial charge on any atom is 0.242 e. The zero-order chi connectivity index (χ0) is 16.8. The van der Waals surface area contributed by atoms with E-state index in [4.69, 9.17) is 0 Å². The Bertz CT molecular complexity index is 808. The highest BCUT2D eigenvalue weighted by atomic mass is 32.2. The minimum atomic E-state index is -0.465. The van der Waals surface area contributed by atoms with E-state index in [1.807, 2.05) is 60.7 Å². The first-order valence-corrected chi connectivity index (χ1v) is 8.44. The molecule has 120 valence electrons. The Morgan fingerprint density at radius 1 is 0.833 bits per heavy atom. The summed E-state index contributed by atoms with van der Waals surface area (Å²) in [6.45, 7) is 0. The molecule has 1 atom stereocenters. The summed E-state index contributed by atoms with van der Waals surface area (Å²) in [5.41, 5.74) is 1.07. The quantitative estimate of drug-likeness (QED) is 0.640. The van der Waals surface area contributed by atoms with Crippen LogP contribution in [0.3, 0.4) is 0 Å². The number of halogens is 1. The molecule has 0 spiro atoms. The van der Waals surface area contributed by atoms with Crippen LogP contribution in [0.4, 0.5) is 10.1 Å². The van der Waals surface area contributed by atoms with E-state index in [0.717, 1.165) is 10.5 Å². The molecule has 3 aromatic rings. The number of amides is 1. The molecular weight excluding hydrogens is 321 g/mol. The van der Waals surface area contributed by atoms with Gasteiger partial charge < -0.3 is 5.32 Å². The summed E-state index contributed by atoms with van der Waals surface area (Å²) < 4.78 is 13.8. The van der Waals surface area contributed by atoms with Crippen molar-refractivity contribution >= 4 is 23.4 Å². The summed E-state index contributed by atoms with van der Waals surface area (Å²) in [5.74, 6) is -0.692. The molecule has 1 amide bonds. The number of para-hydroxylation sites is 1. The third-order valence-electron chi connectivity index (χ3n) is 3.47. The van der Waals surface area contributed by atoms with Gasteiger partial charge in [-0.15, -0.1) is 11.8 Å². The smallest absolute Gasteiger partial charge is 0.242 e. The van der Waals surface area contributed by atoms with Gasteiger partial charge in [-0.25, -0.2) is 4.39 Å². The highest BCUT2D eigenvalue weighted by Gasteiger charge is 2.22. The lowest BCUT2D eigenvalue weighted by molar-refractivity contribution is -0.115. The third kappa shape index (κ3) is 4.03. The lowest BCUT2D eigenvalue weighted by Crippen LogP contribution is -2.19. The predicted octanol–water partition coefficient (Wildman–Crippen LogP) is 5.30. The monoisotopic (exact) mass is 337 g/mol. The van der Waals surface area contributed by atoms with E-state index in [1.54, 1.807) is 18.2 Å². The summed E-state index contributed by atoms with van der Waals surface area (Å²) in [6.07, 6.45) is 0. The zero-order valence-corrected chi connectivity index (χ0v) is 13.7. The molecule has 0 aliphatic rings. The predicted molar refractivity (Wildman–Crippen MR) is 96.5 cm³/mol. The fourth-order valence-corrected chi connectivity index (χ4v) is 3.34. The SMILES string of the molecule is O=C(Nc1ccccc1F)[C@@H](Sc1ccccc1)c1ccccc1. The first-order valence-electron chi connectivity index (χ1n) is 7.56. The van der Waals surface area contributed by atoms with Crippen LogP contribution in [0.15, 0.2) is 89.8 Å². The highest BCUT2D eigenvalue weighted by Crippen LogP contribution is 2.36. The molecule has 0 heterocycles. The van der Waals surface area contributed by atoms with Gasteiger partial charge in [0.15, 0.2) is 0 Å². The van der Waals surface area contributed by atoms with Gasteiger partial charge in [0, 0.05) is 4.90 Å². The van der Waals surface area contributed by atoms with Crippen molar-refractivity contribution in [2.75, 3.05) is 5.32 Å². The topological polar surface area (TPSA) is 29.1 Å². The Kier molecular flexibility index (Phi) is 5.29. The molecule has 0 unspecified atom stereocenters. The Morgan fingerprint density at radius 3 is 2.08 bits per heavy atom. The maximum atomic E-state index is 13.8. The van der Waals surface area contributed by atoms with Crippen LogP contribution < -0.4 is 5.32 Å². The molecule has 0 fully saturated rings. The number of anilines is 1. The van der Waals surface area contributed by atoms with Crippen molar-refractivity contribution in [3.8, 4) is 0 Å². The number of benzene rings is 3. The van der Waals surface area contributed by atoms with E-state index < -0.39 is 11.1 Å². The van der Waals surface area contributed by atoms with Crippen molar-refractivity contribution in [2.45, 2.75) is 10.1 Å². The molecule has 0 radical (unpaired) electrons. The van der Waals surface area contributed by atoms with Gasteiger partial charge in [0.1, 0.15) is 11.1 Å². The number of rotatable bonds is 5. The van der Waals surface area contributed by atoms with Gasteiger partial charge in [-0.1, -0.05) is 60.7 Å². The lowest BCUT2D eigenvalue weighted by Gasteiger charge is -2.17. The van der Waals surface area contributed by atoms with Gasteiger partial charge in [-0.2, -0.15) is 0 Å². The fraction of sp³-hybridized carbons (Fsp3) is 0.0500. The Labute approximate surface area is 144 Å². The van der Waals surface area contributed by atoms with Crippen LogP contribution in [-0.2, 0) is 4.79 Å². The summed E-state index contributed by atoms with van der Waals surface area (Å²) in [7, 11) is 0. The van der Waals surface area contributed by atoms with Crippen LogP contribution in [-0.4, -0.2) is 5.91 Å². The summed E-state index contributed by atoms with van der Waals surface area (Å²) in [6, 6.07) is 25.4. The number of nitrogens with one attached hydrogen (secondary N) is 1. The Balaban J connectivity index is 1.87. The molecule has 3 aromatic carbocycles. The molecule has 0 saturated carbocycles. The van der Waals surface area contributed by atoms with Crippen LogP contribution in [0.1, 0.15) is 10.8 Å². The van der Waals surface area contributed by atoms with Gasteiger partial charge in [0.25, 0.3) is 0 Å². The molecule has 0 aliphatic heterocycles. The number of hydrogen-bond acceptors (Lipinski definition) is 2. The highest BCUT2D eigenvalue weighted by molar-refractivity contribution is 8.00. The number of carbonyl (C=O) groups is 1. The largest absolute Gasteiger partial charge is 0.322 e. The second-order valence-corrected chi connectivity index (χ2v) is 6.37. The average Bonchev–Trinajstić information content (AvgIpc) is 2.63. The second-order valence-electron chi connectivity index (χ2n) is 5.19. The van der Waals surface area contributed by atoms with Crippen molar-refractivity contribution < 1.29 is 9.18 Å². The molecule has 3 rings (SSSR count). The Morgan fingerprint density at radius 2 is 1.42 bits per heavy atom. The molecule has 0 aromatic heterocycles. The van der Waals surface area contributed by atoms with Crippen molar-refractivity contribution in [2.24, 2.45) is 0 Å². The average molecular weight is 337 g/mol. The number of carbonyl (C=O) groups excluding carboxylic acids is 1. The van der Waals surface area contributed by atoms with E-state index >= 15 is 0 Å². The van der Waals surface area contributed by atoms with Crippen LogP contribution >= 0.6 is 11.8 Å². The van der Waals surface area contributed by atoms with Crippen molar-refractivity contribution in [1.82, 2.24) is 0 Å². The van der Waals surface area contributed by atoms with E-state index in [9.17, 15) is 9.18 Å². The van der Waals surface area contributed by atoms with E-state index in [2.05, 4.69) is 5.32 Å². The van der Waals surface area contributed by atoms with Gasteiger partial charge in [-0.05, 0) is 29.8 Å². The van der Waals surface area contributed by atoms with Gasteiger partial charge in [0.2, 0.25) is 5.91 Å². The maximum absolute atomic E-state index is 13.8. The molecule has 0 saturated heterocycles. The second kappa shape index (κ2) is 7.79. The zero-order valence-electron chi connectivity index (χ0n) is 12.9. The molecule has 0 aliphatic carbocycles. The molecule has 24 heavy (non-hydrogen) atoms. The first-order chi connectivity index (χ1) is 11.7. The minimum absolute atomic E-state index is 0.192. The molecule has 0 bridgehead atoms. The Hall–Kier alpha value is -2.59. The first kappa shape index (κ1) is 16.3. The molecular formula is C20H16FNOS. The van der Waals surface area contributed by atoms with E-state index in [1.165, 1.54) is 17.8 Å². The molecule has 4 heteroatoms. The summed E-state index contributed by atoms with van der Waals surface area (Å²) >= 11 is 1.44. The van der Waals surface area contributed by atoms with Crippen LogP contribution in [0.25, 0.3) is 0 Å². The van der Waals surface area contributed by atoms with Gasteiger partial charge >= 0.3 is 0 Å². The number of hydrogen-bond donors (Lipinski definition) is 1. The standard InChI is InChI=1S/C20H16FNOS/c21-17-13-7-8-14-18(17)22-20(23)19(15-9-3-1-4-10-15)24-16-11-5-2-6-12-16/h1-14,19H,(H,22,23)/t19-/m0/s1. The molecule has 2 nitrogen and oxygen atoms in total. The summed E-state index contributed by atoms with van der Waals surface area (Å²) in [4.78, 5) is 13.8. The van der Waals surface area contributed by atoms with Gasteiger partial charge in [-0.3, -0.25) is 4.79 Å². The van der Waals surface area contributed by atoms with Gasteiger partial charge in [0.05, 0.1) is 5.69 Å². The lowest BCUT2D eigenvalue weighted by atomic mass is 10.1. The number of thioether (sulfide) groups is 1.